The van der Waals surface area contributed by atoms with Crippen molar-refractivity contribution in [1.29, 1.82) is 0 Å². The zero-order valence-corrected chi connectivity index (χ0v) is 32.9. The van der Waals surface area contributed by atoms with Gasteiger partial charge >= 0.3 is 5.97 Å². The summed E-state index contributed by atoms with van der Waals surface area (Å²) in [6, 6.07) is -3.02. The van der Waals surface area contributed by atoms with Gasteiger partial charge in [-0.3, -0.25) is 9.59 Å². The monoisotopic (exact) mass is 877 g/mol. The largest absolute Gasteiger partial charge is 0.477 e. The molecule has 0 aromatic heterocycles. The molecule has 26 heteroatoms. The molecule has 0 aromatic carbocycles. The molecule has 0 aliphatic carbocycles. The number of hydrogen-bond acceptors (Lipinski definition) is 23. The Hall–Kier alpha value is -2.39. The van der Waals surface area contributed by atoms with Crippen LogP contribution in [-0.2, 0) is 52.3 Å². The van der Waals surface area contributed by atoms with Gasteiger partial charge in [0.2, 0.25) is 11.8 Å². The Morgan fingerprint density at radius 1 is 0.767 bits per heavy atom. The Kier molecular flexibility index (Phi) is 18.3. The molecule has 0 saturated carbocycles. The summed E-state index contributed by atoms with van der Waals surface area (Å²) in [5.41, 5.74) is 5.61. The number of nitrogens with one attached hydrogen (secondary N) is 2. The number of carbonyl (C=O) groups excluding carboxylic acids is 2. The zero-order chi connectivity index (χ0) is 44.8. The number of carbonyl (C=O) groups is 3. The normalized spacial score (nSPS) is 43.5. The number of hydrogen-bond donors (Lipinski definition) is 15. The van der Waals surface area contributed by atoms with Gasteiger partial charge in [0.25, 0.3) is 5.79 Å². The highest BCUT2D eigenvalue weighted by Gasteiger charge is 2.61. The van der Waals surface area contributed by atoms with E-state index in [0.29, 0.717) is 6.42 Å². The summed E-state index contributed by atoms with van der Waals surface area (Å²) >= 11 is 0. The first-order chi connectivity index (χ1) is 28.2. The second-order valence-electron chi connectivity index (χ2n) is 15.0. The van der Waals surface area contributed by atoms with E-state index in [2.05, 4.69) is 10.6 Å². The molecule has 21 atom stereocenters. The smallest absolute Gasteiger partial charge is 0.364 e. The molecule has 60 heavy (non-hydrogen) atoms. The van der Waals surface area contributed by atoms with Gasteiger partial charge in [-0.25, -0.2) is 4.79 Å². The number of aliphatic hydroxyl groups is 11. The highest BCUT2D eigenvalue weighted by Crippen LogP contribution is 2.39. The third kappa shape index (κ3) is 11.2. The lowest BCUT2D eigenvalue weighted by atomic mass is 9.88. The number of ether oxygens (including phenoxy) is 8. The van der Waals surface area contributed by atoms with E-state index in [9.17, 15) is 75.7 Å². The number of carboxylic acid groups (broad SMARTS) is 1. The Balaban J connectivity index is 1.74. The Morgan fingerprint density at radius 3 is 1.92 bits per heavy atom. The number of carboxylic acids is 1. The molecular weight excluding hydrogens is 818 g/mol. The molecule has 8 unspecified atom stereocenters. The lowest BCUT2D eigenvalue weighted by Gasteiger charge is -2.51. The van der Waals surface area contributed by atoms with Gasteiger partial charge in [0.15, 0.2) is 18.9 Å². The van der Waals surface area contributed by atoms with Crippen LogP contribution in [0, 0.1) is 0 Å². The molecule has 26 nitrogen and oxygen atoms in total. The third-order valence-corrected chi connectivity index (χ3v) is 10.6. The van der Waals surface area contributed by atoms with Gasteiger partial charge in [0, 0.05) is 20.3 Å². The van der Waals surface area contributed by atoms with E-state index in [4.69, 9.17) is 43.6 Å². The van der Waals surface area contributed by atoms with Gasteiger partial charge in [-0.1, -0.05) is 0 Å². The quantitative estimate of drug-likeness (QED) is 0.0569. The van der Waals surface area contributed by atoms with Crippen LogP contribution >= 0.6 is 0 Å². The fraction of sp³-hybridized carbons (Fsp3) is 0.912. The second-order valence-corrected chi connectivity index (χ2v) is 15.0. The lowest BCUT2D eigenvalue weighted by molar-refractivity contribution is -0.391. The van der Waals surface area contributed by atoms with E-state index < -0.39 is 172 Å². The van der Waals surface area contributed by atoms with E-state index in [1.54, 1.807) is 0 Å². The zero-order valence-electron chi connectivity index (χ0n) is 32.9. The Morgan fingerprint density at radius 2 is 1.35 bits per heavy atom. The molecule has 4 aliphatic rings. The van der Waals surface area contributed by atoms with Crippen molar-refractivity contribution in [3.63, 3.8) is 0 Å². The summed E-state index contributed by atoms with van der Waals surface area (Å²) in [6.07, 6.45) is -33.9. The van der Waals surface area contributed by atoms with Crippen molar-refractivity contribution in [3.8, 4) is 0 Å². The van der Waals surface area contributed by atoms with Crippen molar-refractivity contribution in [2.24, 2.45) is 5.73 Å². The van der Waals surface area contributed by atoms with Gasteiger partial charge in [0.05, 0.1) is 44.7 Å². The predicted molar refractivity (Wildman–Crippen MR) is 190 cm³/mol. The maximum absolute atomic E-state index is 13.0. The number of aliphatic hydroxyl groups excluding tert-OH is 11. The summed E-state index contributed by atoms with van der Waals surface area (Å²) in [5, 5.41) is 132. The standard InChI is InChI=1S/C34H59N3O23/c1-11-20(45)23(48)24(49)31(54-11)58-28-19(37-13(3)42)30(53-6-4-5-35)56-17(10-40)26(28)57-32-25(50)29(22(47)16(9-39)55-32)60-34(33(51)52)7-14(43)18(36-12(2)41)27(59-34)21(46)15(44)8-38/h11,14-32,38-40,43-50H,4-10,35H2,1-3H3,(H,36,41)(H,37,42)(H,51,52)/t11?,14-,15-,16+,17?,18-,19?,20-,21-,22+,23+,24?,25?,26-,27?,28?,29?,30-,31+,32+,34+/m1/s1. The van der Waals surface area contributed by atoms with Crippen molar-refractivity contribution < 1.29 is 114 Å². The summed E-state index contributed by atoms with van der Waals surface area (Å²) in [5.74, 6) is -6.59. The van der Waals surface area contributed by atoms with Crippen LogP contribution in [0.3, 0.4) is 0 Å². The van der Waals surface area contributed by atoms with Crippen LogP contribution in [0.4, 0.5) is 0 Å². The molecule has 0 aromatic rings. The van der Waals surface area contributed by atoms with E-state index in [1.807, 2.05) is 0 Å². The average molecular weight is 878 g/mol. The highest BCUT2D eigenvalue weighted by atomic mass is 16.8. The molecule has 4 fully saturated rings. The third-order valence-electron chi connectivity index (χ3n) is 10.6. The summed E-state index contributed by atoms with van der Waals surface area (Å²) < 4.78 is 46.7. The maximum atomic E-state index is 13.0. The van der Waals surface area contributed by atoms with Crippen LogP contribution in [0.15, 0.2) is 0 Å². The van der Waals surface area contributed by atoms with Crippen LogP contribution in [0.2, 0.25) is 0 Å². The molecule has 16 N–H and O–H groups in total. The minimum atomic E-state index is -3.11. The fourth-order valence-corrected chi connectivity index (χ4v) is 7.40. The van der Waals surface area contributed by atoms with Crippen LogP contribution < -0.4 is 16.4 Å². The van der Waals surface area contributed by atoms with Crippen LogP contribution in [0.5, 0.6) is 0 Å². The van der Waals surface area contributed by atoms with E-state index in [0.717, 1.165) is 13.8 Å². The Bertz CT molecular complexity index is 1410. The van der Waals surface area contributed by atoms with E-state index >= 15 is 0 Å². The second kappa shape index (κ2) is 21.8. The molecule has 4 heterocycles. The Labute approximate surface area is 342 Å². The van der Waals surface area contributed by atoms with Gasteiger partial charge in [0.1, 0.15) is 85.4 Å². The first-order valence-corrected chi connectivity index (χ1v) is 19.2. The molecular formula is C34H59N3O23. The van der Waals surface area contributed by atoms with Crippen molar-refractivity contribution >= 4 is 17.8 Å². The van der Waals surface area contributed by atoms with Crippen molar-refractivity contribution in [2.45, 2.75) is 162 Å². The van der Waals surface area contributed by atoms with Crippen LogP contribution in [0.25, 0.3) is 0 Å². The van der Waals surface area contributed by atoms with E-state index in [-0.39, 0.29) is 13.2 Å². The highest BCUT2D eigenvalue weighted by molar-refractivity contribution is 5.76. The summed E-state index contributed by atoms with van der Waals surface area (Å²) in [7, 11) is 0. The van der Waals surface area contributed by atoms with Gasteiger partial charge in [-0.05, 0) is 19.9 Å². The average Bonchev–Trinajstić information content (AvgIpc) is 3.20. The molecule has 4 saturated heterocycles. The first kappa shape index (κ1) is 50.3. The van der Waals surface area contributed by atoms with Gasteiger partial charge in [-0.2, -0.15) is 0 Å². The SMILES string of the molecule is CC(=O)NC1C(O[C@@H]2OC(C)[C@@H](O)[C@H](O)C2O)[C@H](O[C@@H]2O[C@@H](CO)[C@H](O)C(O[C@]3(C(=O)O)C[C@@H](O)[C@@H](NC(C)=O)C([C@H](O)[C@H](O)CO)O3)C2O)C(CO)O[C@H]1OCCCN. The topological polar surface area (TPSA) is 418 Å². The number of aliphatic carboxylic acids is 1. The lowest BCUT2D eigenvalue weighted by Crippen LogP contribution is -2.71. The van der Waals surface area contributed by atoms with Gasteiger partial charge in [-0.15, -0.1) is 0 Å². The maximum Gasteiger partial charge on any atom is 0.364 e. The van der Waals surface area contributed by atoms with Gasteiger partial charge < -0.3 is 116 Å². The number of rotatable bonds is 18. The molecule has 0 spiro atoms. The minimum Gasteiger partial charge on any atom is -0.477 e. The van der Waals surface area contributed by atoms with Crippen LogP contribution in [-0.4, -0.2) is 240 Å². The summed E-state index contributed by atoms with van der Waals surface area (Å²) in [6.45, 7) is 0.622. The fourth-order valence-electron chi connectivity index (χ4n) is 7.40. The van der Waals surface area contributed by atoms with Crippen molar-refractivity contribution in [3.05, 3.63) is 0 Å². The number of amides is 2. The molecule has 0 bridgehead atoms. The minimum absolute atomic E-state index is 0.0395. The predicted octanol–water partition coefficient (Wildman–Crippen LogP) is -8.85. The molecule has 0 radical (unpaired) electrons. The summed E-state index contributed by atoms with van der Waals surface area (Å²) in [4.78, 5) is 37.5. The molecule has 4 aliphatic heterocycles. The molecule has 4 rings (SSSR count). The van der Waals surface area contributed by atoms with Crippen molar-refractivity contribution in [2.75, 3.05) is 33.0 Å². The van der Waals surface area contributed by atoms with E-state index in [1.165, 1.54) is 6.92 Å². The van der Waals surface area contributed by atoms with Crippen LogP contribution in [0.1, 0.15) is 33.6 Å². The molecule has 2 amide bonds. The first-order valence-electron chi connectivity index (χ1n) is 19.2. The number of nitrogens with two attached hydrogens (primary N) is 1. The van der Waals surface area contributed by atoms with Crippen molar-refractivity contribution in [1.82, 2.24) is 10.6 Å². The molecule has 348 valence electrons.